The van der Waals surface area contributed by atoms with Crippen LogP contribution in [0.4, 0.5) is 92.2 Å². The van der Waals surface area contributed by atoms with Gasteiger partial charge in [0.15, 0.2) is 0 Å². The lowest BCUT2D eigenvalue weighted by molar-refractivity contribution is -0.138. The van der Waals surface area contributed by atoms with Gasteiger partial charge in [0.05, 0.1) is 92.5 Å². The summed E-state index contributed by atoms with van der Waals surface area (Å²) in [4.78, 5) is 0. The fraction of sp³-hybridized carbons (Fsp3) is 1.00. The fourth-order valence-corrected chi connectivity index (χ4v) is 58.8. The maximum Gasteiger partial charge on any atom is 0.479 e. The molecule has 6 aliphatic rings. The quantitative estimate of drug-likeness (QED) is 0.0321. The van der Waals surface area contributed by atoms with E-state index in [4.69, 9.17) is 87.3 Å². The summed E-state index contributed by atoms with van der Waals surface area (Å²) in [6.45, 7) is 1.83. The van der Waals surface area contributed by atoms with Gasteiger partial charge in [-0.1, -0.05) is 0 Å². The lowest BCUT2D eigenvalue weighted by Gasteiger charge is -2.63. The second kappa shape index (κ2) is 32.0. The van der Waals surface area contributed by atoms with E-state index in [1.54, 1.807) is 7.11 Å². The van der Waals surface area contributed by atoms with Gasteiger partial charge in [-0.3, -0.25) is 0 Å². The van der Waals surface area contributed by atoms with Crippen LogP contribution in [0.25, 0.3) is 0 Å². The number of halogens is 21. The van der Waals surface area contributed by atoms with Gasteiger partial charge in [0, 0.05) is 107 Å². The average Bonchev–Trinajstić information content (AvgIpc) is 0.692. The number of methoxy groups -OCH3 is 1. The molecule has 520 valence electrons. The second-order valence-electron chi connectivity index (χ2n) is 19.9. The molecule has 6 heterocycles. The Labute approximate surface area is 497 Å². The molecule has 8 bridgehead atoms. The Kier molecular flexibility index (Phi) is 28.4. The van der Waals surface area contributed by atoms with Crippen molar-refractivity contribution in [3.8, 4) is 0 Å². The molecule has 0 aromatic carbocycles. The van der Waals surface area contributed by atoms with Gasteiger partial charge in [-0.05, 0) is 6.42 Å². The normalized spacial score (nSPS) is 30.6. The summed E-state index contributed by atoms with van der Waals surface area (Å²) in [5.74, 6) is 0. The topological polar surface area (TPSA) is 185 Å². The summed E-state index contributed by atoms with van der Waals surface area (Å²) in [6.07, 6.45) is -55.5. The molecule has 0 aromatic heterocycles. The van der Waals surface area contributed by atoms with Gasteiger partial charge in [-0.25, -0.2) is 0 Å². The average molecular weight is 1480 g/mol. The Morgan fingerprint density at radius 1 is 0.205 bits per heavy atom. The molecule has 20 nitrogen and oxygen atoms in total. The van der Waals surface area contributed by atoms with E-state index in [9.17, 15) is 92.2 Å². The lowest BCUT2D eigenvalue weighted by Crippen LogP contribution is -2.88. The highest BCUT2D eigenvalue weighted by molar-refractivity contribution is 7.03. The molecule has 0 saturated carbocycles. The van der Waals surface area contributed by atoms with E-state index in [-0.39, 0.29) is 52.9 Å². The molecule has 0 atom stereocenters. The third kappa shape index (κ3) is 28.0. The van der Waals surface area contributed by atoms with Crippen LogP contribution in [0.2, 0.25) is 48.4 Å². The van der Waals surface area contributed by atoms with Crippen molar-refractivity contribution in [2.45, 2.75) is 143 Å². The summed E-state index contributed by atoms with van der Waals surface area (Å²) in [5.41, 5.74) is 0. The number of hydrogen-bond donors (Lipinski definition) is 0. The van der Waals surface area contributed by atoms with Gasteiger partial charge in [0.2, 0.25) is 0 Å². The van der Waals surface area contributed by atoms with Crippen LogP contribution in [-0.4, -0.2) is 220 Å². The molecule has 0 N–H and O–H groups in total. The summed E-state index contributed by atoms with van der Waals surface area (Å²) in [5, 5.41) is 0. The van der Waals surface area contributed by atoms with Crippen molar-refractivity contribution in [3.05, 3.63) is 0 Å². The van der Waals surface area contributed by atoms with Crippen LogP contribution in [-0.2, 0) is 87.3 Å². The van der Waals surface area contributed by atoms with E-state index in [1.165, 1.54) is 0 Å². The lowest BCUT2D eigenvalue weighted by atomic mass is 10.5. The molecule has 6 fully saturated rings. The monoisotopic (exact) mass is 1480 g/mol. The Balaban J connectivity index is 1.52. The predicted octanol–water partition coefficient (Wildman–Crippen LogP) is 10.6. The molecular formula is C39H65F21O20Si8. The van der Waals surface area contributed by atoms with Crippen LogP contribution in [0.15, 0.2) is 0 Å². The summed E-state index contributed by atoms with van der Waals surface area (Å²) in [7, 11) is -50.3. The van der Waals surface area contributed by atoms with Crippen LogP contribution in [0.1, 0.15) is 51.4 Å². The number of alkyl halides is 21. The molecule has 0 amide bonds. The third-order valence-electron chi connectivity index (χ3n) is 12.2. The molecule has 0 spiro atoms. The molecule has 0 unspecified atom stereocenters. The molecule has 0 radical (unpaired) electrons. The Hall–Kier alpha value is -0.535. The van der Waals surface area contributed by atoms with Crippen molar-refractivity contribution in [2.75, 3.05) is 106 Å². The van der Waals surface area contributed by atoms with Crippen LogP contribution in [0.5, 0.6) is 0 Å². The van der Waals surface area contributed by atoms with Crippen molar-refractivity contribution in [2.24, 2.45) is 0 Å². The molecule has 6 saturated heterocycles. The first kappa shape index (κ1) is 78.2. The van der Waals surface area contributed by atoms with E-state index in [0.717, 1.165) is 0 Å². The SMILES string of the molecule is COCCOCCOCCOCCOCCOCCOCCOCCC[Si]12O[Si]3(CCC(F)(F)F)O[Si]4(CCC(F)(F)F)O[Si](CCC(F)(F)F)(O1)O[Si]1(CCC(F)(F)F)O[Si](CCC(F)(F)F)(O2)O[Si](CCC(F)(F)F)(O3)O[Si](CCC(F)(F)F)(O4)O1. The molecule has 6 rings (SSSR count). The van der Waals surface area contributed by atoms with Gasteiger partial charge < -0.3 is 87.3 Å². The maximum absolute atomic E-state index is 14.6. The minimum absolute atomic E-state index is 0.0176. The van der Waals surface area contributed by atoms with Crippen molar-refractivity contribution in [1.82, 2.24) is 0 Å². The zero-order chi connectivity index (χ0) is 65.6. The van der Waals surface area contributed by atoms with Gasteiger partial charge >= 0.3 is 114 Å². The number of hydrogen-bond acceptors (Lipinski definition) is 20. The Morgan fingerprint density at radius 2 is 0.341 bits per heavy atom. The van der Waals surface area contributed by atoms with Crippen LogP contribution < -0.4 is 0 Å². The Bertz CT molecular complexity index is 1910. The van der Waals surface area contributed by atoms with Gasteiger partial charge in [-0.15, -0.1) is 0 Å². The minimum atomic E-state index is -6.62. The molecule has 49 heteroatoms. The third-order valence-corrected chi connectivity index (χ3v) is 49.0. The van der Waals surface area contributed by atoms with Gasteiger partial charge in [-0.2, -0.15) is 92.2 Å². The first-order chi connectivity index (χ1) is 40.5. The standard InChI is InChI=1S/C39H65F21O20Si8/c1-61-11-12-63-15-16-65-19-20-67-23-24-68-22-21-66-18-17-64-14-13-62-10-2-25-81-69-82(26-3-33(40,41)42)72-85(29-6-36(49,50)51)74-83(70-81,27-4-34(43,44)45)76-87(31-8-38(55,56)57)77-84(71-81,28-5-35(46,47)48)75-86(73-82,30-7-37(52,53)54)79-88(78-85,80-87)32-9-39(58,59)60/h2-32H2,1H3. The summed E-state index contributed by atoms with van der Waals surface area (Å²) in [6, 6.07) is -15.0. The van der Waals surface area contributed by atoms with E-state index in [2.05, 4.69) is 0 Å². The highest BCUT2D eigenvalue weighted by Gasteiger charge is 2.84. The first-order valence-corrected chi connectivity index (χ1v) is 42.4. The van der Waals surface area contributed by atoms with Gasteiger partial charge in [0.1, 0.15) is 0 Å². The highest BCUT2D eigenvalue weighted by Crippen LogP contribution is 2.57. The zero-order valence-corrected chi connectivity index (χ0v) is 54.5. The van der Waals surface area contributed by atoms with Crippen LogP contribution in [0, 0.1) is 0 Å². The number of ether oxygens (including phenoxy) is 8. The summed E-state index contributed by atoms with van der Waals surface area (Å²) < 4.78 is 420. The summed E-state index contributed by atoms with van der Waals surface area (Å²) >= 11 is 0. The minimum Gasteiger partial charge on any atom is -0.382 e. The fourth-order valence-electron chi connectivity index (χ4n) is 8.59. The van der Waals surface area contributed by atoms with Crippen LogP contribution in [0.3, 0.4) is 0 Å². The number of rotatable bonds is 39. The first-order valence-electron chi connectivity index (χ1n) is 26.9. The molecule has 0 aromatic rings. The van der Waals surface area contributed by atoms with Crippen molar-refractivity contribution >= 4 is 70.4 Å². The largest absolute Gasteiger partial charge is 0.479 e. The smallest absolute Gasteiger partial charge is 0.382 e. The second-order valence-corrected chi connectivity index (χ2v) is 44.6. The Morgan fingerprint density at radius 3 is 0.489 bits per heavy atom. The molecule has 6 aliphatic heterocycles. The molecule has 0 aliphatic carbocycles. The van der Waals surface area contributed by atoms with E-state index in [1.807, 2.05) is 0 Å². The zero-order valence-electron chi connectivity index (χ0n) is 46.5. The van der Waals surface area contributed by atoms with Crippen molar-refractivity contribution < 1.29 is 179 Å². The highest BCUT2D eigenvalue weighted by atomic mass is 28.6. The van der Waals surface area contributed by atoms with Crippen LogP contribution >= 0.6 is 0 Å². The van der Waals surface area contributed by atoms with Crippen molar-refractivity contribution in [3.63, 3.8) is 0 Å². The predicted molar refractivity (Wildman–Crippen MR) is 264 cm³/mol. The van der Waals surface area contributed by atoms with Gasteiger partial charge in [0.25, 0.3) is 0 Å². The molecule has 88 heavy (non-hydrogen) atoms. The van der Waals surface area contributed by atoms with E-state index < -0.39 is 220 Å². The van der Waals surface area contributed by atoms with Crippen molar-refractivity contribution in [1.29, 1.82) is 0 Å². The molecular weight excluding hydrogens is 1410 g/mol. The van der Waals surface area contributed by atoms with E-state index in [0.29, 0.717) is 39.6 Å². The maximum atomic E-state index is 14.6. The van der Waals surface area contributed by atoms with E-state index >= 15 is 0 Å².